The topological polar surface area (TPSA) is 34.1 Å². The van der Waals surface area contributed by atoms with Crippen molar-refractivity contribution in [2.75, 3.05) is 0 Å². The second-order valence-corrected chi connectivity index (χ2v) is 8.76. The molecule has 4 heteroatoms. The van der Waals surface area contributed by atoms with Gasteiger partial charge in [0.2, 0.25) is 0 Å². The van der Waals surface area contributed by atoms with Gasteiger partial charge in [-0.1, -0.05) is 25.5 Å². The van der Waals surface area contributed by atoms with Crippen LogP contribution in [0.1, 0.15) is 52.9 Å². The van der Waals surface area contributed by atoms with Gasteiger partial charge in [0.05, 0.1) is 0 Å². The minimum atomic E-state index is -2.76. The van der Waals surface area contributed by atoms with Gasteiger partial charge in [0.1, 0.15) is 5.78 Å². The van der Waals surface area contributed by atoms with Crippen LogP contribution in [0.3, 0.4) is 0 Å². The van der Waals surface area contributed by atoms with E-state index in [-0.39, 0.29) is 47.6 Å². The van der Waals surface area contributed by atoms with Gasteiger partial charge in [-0.05, 0) is 43.3 Å². The molecule has 0 aromatic heterocycles. The minimum absolute atomic E-state index is 0.0322. The highest BCUT2D eigenvalue weighted by Crippen LogP contribution is 2.67. The molecule has 2 nitrogen and oxygen atoms in total. The first-order chi connectivity index (χ1) is 11.1. The first-order valence-corrected chi connectivity index (χ1v) is 8.94. The Kier molecular flexibility index (Phi) is 3.13. The molecule has 4 aliphatic rings. The SMILES string of the molecule is CC1=C[C@@H]2[C@H](C(=O)C[C@@]3(C)[C@H]2CCC3(F)F)[C@@]2(C)CCC(=O)C=C12. The highest BCUT2D eigenvalue weighted by Gasteiger charge is 2.67. The predicted molar refractivity (Wildman–Crippen MR) is 86.6 cm³/mol. The van der Waals surface area contributed by atoms with E-state index in [1.807, 2.05) is 13.0 Å². The zero-order valence-corrected chi connectivity index (χ0v) is 14.5. The summed E-state index contributed by atoms with van der Waals surface area (Å²) >= 11 is 0. The van der Waals surface area contributed by atoms with Crippen LogP contribution in [-0.4, -0.2) is 17.5 Å². The molecule has 2 fully saturated rings. The Labute approximate surface area is 141 Å². The van der Waals surface area contributed by atoms with Crippen LogP contribution in [0.2, 0.25) is 0 Å². The fourth-order valence-corrected chi connectivity index (χ4v) is 6.18. The number of carbonyl (C=O) groups is 2. The van der Waals surface area contributed by atoms with Crippen LogP contribution in [0.25, 0.3) is 0 Å². The molecule has 0 heterocycles. The first kappa shape index (κ1) is 16.2. The van der Waals surface area contributed by atoms with Crippen molar-refractivity contribution < 1.29 is 18.4 Å². The number of hydrogen-bond donors (Lipinski definition) is 0. The summed E-state index contributed by atoms with van der Waals surface area (Å²) in [4.78, 5) is 24.9. The monoisotopic (exact) mass is 334 g/mol. The van der Waals surface area contributed by atoms with Crippen molar-refractivity contribution in [1.82, 2.24) is 0 Å². The van der Waals surface area contributed by atoms with Gasteiger partial charge in [-0.25, -0.2) is 8.78 Å². The fraction of sp³-hybridized carbons (Fsp3) is 0.700. The Bertz CT molecular complexity index is 704. The van der Waals surface area contributed by atoms with Crippen LogP contribution < -0.4 is 0 Å². The maximum absolute atomic E-state index is 14.5. The lowest BCUT2D eigenvalue weighted by atomic mass is 9.47. The van der Waals surface area contributed by atoms with Gasteiger partial charge in [0, 0.05) is 36.0 Å². The number of ketones is 2. The predicted octanol–water partition coefficient (Wildman–Crippen LogP) is 4.50. The van der Waals surface area contributed by atoms with Crippen molar-refractivity contribution >= 4 is 11.6 Å². The summed E-state index contributed by atoms with van der Waals surface area (Å²) in [6.07, 6.45) is 5.15. The third-order valence-corrected chi connectivity index (χ3v) is 7.53. The second-order valence-electron chi connectivity index (χ2n) is 8.76. The molecule has 0 aromatic carbocycles. The average molecular weight is 334 g/mol. The van der Waals surface area contributed by atoms with Gasteiger partial charge < -0.3 is 0 Å². The average Bonchev–Trinajstić information content (AvgIpc) is 2.71. The van der Waals surface area contributed by atoms with E-state index < -0.39 is 11.3 Å². The van der Waals surface area contributed by atoms with Crippen LogP contribution in [0.15, 0.2) is 23.3 Å². The summed E-state index contributed by atoms with van der Waals surface area (Å²) in [7, 11) is 0. The molecule has 24 heavy (non-hydrogen) atoms. The van der Waals surface area contributed by atoms with Crippen molar-refractivity contribution in [3.05, 3.63) is 23.3 Å². The number of halogens is 2. The van der Waals surface area contributed by atoms with E-state index in [1.54, 1.807) is 13.0 Å². The van der Waals surface area contributed by atoms with Gasteiger partial charge in [0.25, 0.3) is 5.92 Å². The Balaban J connectivity index is 1.87. The normalized spacial score (nSPS) is 46.6. The van der Waals surface area contributed by atoms with Crippen LogP contribution >= 0.6 is 0 Å². The lowest BCUT2D eigenvalue weighted by molar-refractivity contribution is -0.162. The smallest absolute Gasteiger partial charge is 0.254 e. The van der Waals surface area contributed by atoms with Crippen molar-refractivity contribution in [3.63, 3.8) is 0 Å². The Morgan fingerprint density at radius 3 is 2.58 bits per heavy atom. The summed E-state index contributed by atoms with van der Waals surface area (Å²) < 4.78 is 29.1. The number of hydrogen-bond acceptors (Lipinski definition) is 2. The van der Waals surface area contributed by atoms with E-state index in [9.17, 15) is 18.4 Å². The fourth-order valence-electron chi connectivity index (χ4n) is 6.18. The van der Waals surface area contributed by atoms with E-state index >= 15 is 0 Å². The van der Waals surface area contributed by atoms with Gasteiger partial charge in [-0.2, -0.15) is 0 Å². The lowest BCUT2D eigenvalue weighted by Gasteiger charge is -2.55. The van der Waals surface area contributed by atoms with E-state index in [0.29, 0.717) is 19.3 Å². The summed E-state index contributed by atoms with van der Waals surface area (Å²) in [6.45, 7) is 5.63. The van der Waals surface area contributed by atoms with Gasteiger partial charge in [-0.3, -0.25) is 9.59 Å². The Morgan fingerprint density at radius 2 is 1.88 bits per heavy atom. The molecule has 0 bridgehead atoms. The van der Waals surface area contributed by atoms with Crippen LogP contribution in [0.4, 0.5) is 8.78 Å². The number of alkyl halides is 2. The highest BCUT2D eigenvalue weighted by atomic mass is 19.3. The molecule has 2 saturated carbocycles. The first-order valence-electron chi connectivity index (χ1n) is 8.94. The van der Waals surface area contributed by atoms with Crippen molar-refractivity contribution in [2.45, 2.75) is 58.8 Å². The van der Waals surface area contributed by atoms with Crippen LogP contribution in [0.5, 0.6) is 0 Å². The van der Waals surface area contributed by atoms with E-state index in [4.69, 9.17) is 0 Å². The molecular formula is C20H24F2O2. The summed E-state index contributed by atoms with van der Waals surface area (Å²) in [5.41, 5.74) is 0.360. The molecule has 0 unspecified atom stereocenters. The van der Waals surface area contributed by atoms with E-state index in [0.717, 1.165) is 11.1 Å². The summed E-state index contributed by atoms with van der Waals surface area (Å²) in [5.74, 6) is -3.23. The number of Topliss-reactive ketones (excluding diaryl/α,β-unsaturated/α-hetero) is 1. The number of fused-ring (bicyclic) bond motifs is 5. The molecule has 0 saturated heterocycles. The highest BCUT2D eigenvalue weighted by molar-refractivity contribution is 5.94. The quantitative estimate of drug-likeness (QED) is 0.654. The molecule has 4 aliphatic carbocycles. The third-order valence-electron chi connectivity index (χ3n) is 7.53. The maximum Gasteiger partial charge on any atom is 0.254 e. The molecule has 4 rings (SSSR count). The molecule has 0 amide bonds. The summed E-state index contributed by atoms with van der Waals surface area (Å²) in [6, 6.07) is 0. The van der Waals surface area contributed by atoms with Crippen molar-refractivity contribution in [2.24, 2.45) is 28.6 Å². The molecule has 0 radical (unpaired) electrons. The number of rotatable bonds is 0. The van der Waals surface area contributed by atoms with E-state index in [1.165, 1.54) is 0 Å². The molecule has 0 N–H and O–H groups in total. The zero-order chi connectivity index (χ0) is 17.5. The molecule has 5 atom stereocenters. The zero-order valence-electron chi connectivity index (χ0n) is 14.5. The molecule has 0 spiro atoms. The van der Waals surface area contributed by atoms with Crippen LogP contribution in [-0.2, 0) is 9.59 Å². The van der Waals surface area contributed by atoms with Crippen molar-refractivity contribution in [3.8, 4) is 0 Å². The minimum Gasteiger partial charge on any atom is -0.299 e. The molecule has 0 aromatic rings. The maximum atomic E-state index is 14.5. The lowest BCUT2D eigenvalue weighted by Crippen LogP contribution is -2.56. The molecule has 0 aliphatic heterocycles. The standard InChI is InChI=1S/C20H24F2O2/c1-11-8-13-14-5-7-20(21,22)19(14,3)10-16(24)17(13)18(2)6-4-12(23)9-15(11)18/h8-9,13-14,17H,4-7,10H2,1-3H3/t13-,14-,17+,18-,19-/m0/s1. The Hall–Kier alpha value is -1.32. The van der Waals surface area contributed by atoms with Gasteiger partial charge in [0.15, 0.2) is 5.78 Å². The third kappa shape index (κ3) is 1.80. The van der Waals surface area contributed by atoms with Crippen LogP contribution in [0, 0.1) is 28.6 Å². The van der Waals surface area contributed by atoms with E-state index in [2.05, 4.69) is 6.92 Å². The van der Waals surface area contributed by atoms with Gasteiger partial charge in [-0.15, -0.1) is 0 Å². The largest absolute Gasteiger partial charge is 0.299 e. The summed E-state index contributed by atoms with van der Waals surface area (Å²) in [5, 5.41) is 0. The number of allylic oxidation sites excluding steroid dienone is 4. The van der Waals surface area contributed by atoms with Gasteiger partial charge >= 0.3 is 0 Å². The molecular weight excluding hydrogens is 310 g/mol. The van der Waals surface area contributed by atoms with Crippen molar-refractivity contribution in [1.29, 1.82) is 0 Å². The molecule has 130 valence electrons. The second kappa shape index (κ2) is 4.64. The number of carbonyl (C=O) groups excluding carboxylic acids is 2. The Morgan fingerprint density at radius 1 is 1.17 bits per heavy atom.